The number of methoxy groups -OCH3 is 1. The summed E-state index contributed by atoms with van der Waals surface area (Å²) in [5.74, 6) is 1.38. The Labute approximate surface area is 191 Å². The molecule has 2 aliphatic heterocycles. The van der Waals surface area contributed by atoms with Gasteiger partial charge in [-0.25, -0.2) is 4.79 Å². The highest BCUT2D eigenvalue weighted by atomic mass is 16.6. The molecule has 33 heavy (non-hydrogen) atoms. The molecule has 1 fully saturated rings. The Hall–Kier alpha value is -3.99. The van der Waals surface area contributed by atoms with Crippen molar-refractivity contribution in [3.05, 3.63) is 64.5 Å². The normalized spacial score (nSPS) is 19.7. The Morgan fingerprint density at radius 2 is 2.12 bits per heavy atom. The summed E-state index contributed by atoms with van der Waals surface area (Å²) in [6.07, 6.45) is -0.704. The first kappa shape index (κ1) is 20.9. The van der Waals surface area contributed by atoms with Crippen LogP contribution in [-0.2, 0) is 4.74 Å². The Bertz CT molecular complexity index is 1270. The monoisotopic (exact) mass is 444 g/mol. The van der Waals surface area contributed by atoms with Crippen molar-refractivity contribution in [1.82, 2.24) is 10.1 Å². The number of anilines is 1. The number of benzene rings is 2. The predicted octanol–water partition coefficient (Wildman–Crippen LogP) is 4.89. The average molecular weight is 444 g/mol. The molecule has 5 rings (SSSR count). The summed E-state index contributed by atoms with van der Waals surface area (Å²) in [5.41, 5.74) is 5.83. The molecule has 2 unspecified atom stereocenters. The van der Waals surface area contributed by atoms with E-state index in [0.717, 1.165) is 33.6 Å². The first-order valence-corrected chi connectivity index (χ1v) is 10.8. The number of nitriles is 1. The molecule has 2 aromatic carbocycles. The van der Waals surface area contributed by atoms with Gasteiger partial charge < -0.3 is 19.3 Å². The third-order valence-corrected chi connectivity index (χ3v) is 6.52. The maximum atomic E-state index is 13.0. The molecule has 1 N–H and O–H groups in total. The number of aryl methyl sites for hydroxylation is 2. The number of ether oxygens (including phenoxy) is 2. The summed E-state index contributed by atoms with van der Waals surface area (Å²) in [7, 11) is 1.63. The number of hydrogen-bond donors (Lipinski definition) is 1. The predicted molar refractivity (Wildman–Crippen MR) is 121 cm³/mol. The second-order valence-corrected chi connectivity index (χ2v) is 8.41. The highest BCUT2D eigenvalue weighted by molar-refractivity contribution is 5.81. The van der Waals surface area contributed by atoms with Gasteiger partial charge in [0.05, 0.1) is 42.6 Å². The summed E-state index contributed by atoms with van der Waals surface area (Å²) < 4.78 is 16.9. The number of aromatic nitrogens is 1. The van der Waals surface area contributed by atoms with Crippen molar-refractivity contribution in [3.63, 3.8) is 0 Å². The second-order valence-electron chi connectivity index (χ2n) is 8.41. The molecule has 0 saturated carbocycles. The molecule has 1 amide bonds. The molecular weight excluding hydrogens is 420 g/mol. The van der Waals surface area contributed by atoms with Gasteiger partial charge in [0.1, 0.15) is 23.7 Å². The fourth-order valence-electron chi connectivity index (χ4n) is 4.91. The van der Waals surface area contributed by atoms with E-state index in [0.29, 0.717) is 23.6 Å². The van der Waals surface area contributed by atoms with Crippen LogP contribution < -0.4 is 10.1 Å². The number of nitrogens with zero attached hydrogens (tertiary/aromatic N) is 3. The number of rotatable bonds is 4. The van der Waals surface area contributed by atoms with Gasteiger partial charge in [-0.3, -0.25) is 4.90 Å². The minimum absolute atomic E-state index is 0.278. The number of carbonyl (C=O) groups excluding carboxylic acids is 1. The van der Waals surface area contributed by atoms with E-state index in [1.807, 2.05) is 51.1 Å². The molecule has 8 nitrogen and oxygen atoms in total. The molecule has 3 atom stereocenters. The van der Waals surface area contributed by atoms with E-state index in [2.05, 4.69) is 16.5 Å². The second kappa shape index (κ2) is 7.85. The number of hydrogen-bond acceptors (Lipinski definition) is 7. The molecule has 168 valence electrons. The topological polar surface area (TPSA) is 101 Å². The first-order valence-electron chi connectivity index (χ1n) is 10.8. The summed E-state index contributed by atoms with van der Waals surface area (Å²) in [4.78, 5) is 14.7. The number of amides is 1. The van der Waals surface area contributed by atoms with Crippen LogP contribution in [0.1, 0.15) is 47.2 Å². The largest absolute Gasteiger partial charge is 0.496 e. The number of nitrogens with one attached hydrogen (secondary N) is 1. The van der Waals surface area contributed by atoms with Gasteiger partial charge in [-0.2, -0.15) is 5.26 Å². The van der Waals surface area contributed by atoms with Gasteiger partial charge in [0.25, 0.3) is 0 Å². The van der Waals surface area contributed by atoms with E-state index in [9.17, 15) is 10.1 Å². The lowest BCUT2D eigenvalue weighted by Gasteiger charge is -2.35. The number of carbonyl (C=O) groups is 1. The van der Waals surface area contributed by atoms with Crippen LogP contribution in [0.2, 0.25) is 0 Å². The fourth-order valence-corrected chi connectivity index (χ4v) is 4.91. The van der Waals surface area contributed by atoms with Crippen molar-refractivity contribution >= 4 is 11.8 Å². The Kier molecular flexibility index (Phi) is 4.97. The molecular formula is C25H24N4O4. The highest BCUT2D eigenvalue weighted by Crippen LogP contribution is 2.48. The first-order chi connectivity index (χ1) is 15.9. The van der Waals surface area contributed by atoms with Gasteiger partial charge in [0.15, 0.2) is 0 Å². The van der Waals surface area contributed by atoms with Crippen LogP contribution >= 0.6 is 0 Å². The molecule has 0 bridgehead atoms. The molecule has 3 heterocycles. The van der Waals surface area contributed by atoms with Crippen LogP contribution in [0.5, 0.6) is 5.75 Å². The van der Waals surface area contributed by atoms with Crippen LogP contribution in [0.25, 0.3) is 11.1 Å². The zero-order chi connectivity index (χ0) is 23.3. The molecule has 0 spiro atoms. The van der Waals surface area contributed by atoms with E-state index in [-0.39, 0.29) is 24.3 Å². The van der Waals surface area contributed by atoms with Crippen molar-refractivity contribution in [2.24, 2.45) is 0 Å². The maximum absolute atomic E-state index is 13.0. The molecule has 1 aromatic heterocycles. The molecule has 3 aromatic rings. The van der Waals surface area contributed by atoms with Crippen molar-refractivity contribution in [3.8, 4) is 22.9 Å². The summed E-state index contributed by atoms with van der Waals surface area (Å²) in [6, 6.07) is 12.9. The van der Waals surface area contributed by atoms with Crippen molar-refractivity contribution in [2.45, 2.75) is 39.0 Å². The van der Waals surface area contributed by atoms with Crippen LogP contribution in [0, 0.1) is 25.2 Å². The number of fused-ring (bicyclic) bond motifs is 3. The minimum atomic E-state index is -0.372. The summed E-state index contributed by atoms with van der Waals surface area (Å²) in [6.45, 7) is 6.23. The van der Waals surface area contributed by atoms with Crippen molar-refractivity contribution in [2.75, 3.05) is 19.0 Å². The van der Waals surface area contributed by atoms with Crippen molar-refractivity contribution in [1.29, 1.82) is 5.26 Å². The fraction of sp³-hybridized carbons (Fsp3) is 0.320. The lowest BCUT2D eigenvalue weighted by Crippen LogP contribution is -2.37. The molecule has 1 saturated heterocycles. The van der Waals surface area contributed by atoms with E-state index in [1.54, 1.807) is 18.1 Å². The Balaban J connectivity index is 1.60. The van der Waals surface area contributed by atoms with E-state index >= 15 is 0 Å². The van der Waals surface area contributed by atoms with Crippen LogP contribution in [0.3, 0.4) is 0 Å². The smallest absolute Gasteiger partial charge is 0.411 e. The Morgan fingerprint density at radius 3 is 2.82 bits per heavy atom. The van der Waals surface area contributed by atoms with Crippen LogP contribution in [0.4, 0.5) is 10.5 Å². The molecule has 8 heteroatoms. The van der Waals surface area contributed by atoms with E-state index in [1.165, 1.54) is 0 Å². The minimum Gasteiger partial charge on any atom is -0.496 e. The van der Waals surface area contributed by atoms with Gasteiger partial charge in [0.2, 0.25) is 0 Å². The quantitative estimate of drug-likeness (QED) is 0.611. The molecule has 0 radical (unpaired) electrons. The maximum Gasteiger partial charge on any atom is 0.411 e. The van der Waals surface area contributed by atoms with Crippen molar-refractivity contribution < 1.29 is 18.8 Å². The molecule has 2 aliphatic rings. The van der Waals surface area contributed by atoms with E-state index < -0.39 is 0 Å². The van der Waals surface area contributed by atoms with Gasteiger partial charge in [0, 0.05) is 16.8 Å². The third-order valence-electron chi connectivity index (χ3n) is 6.52. The average Bonchev–Trinajstić information content (AvgIpc) is 3.35. The van der Waals surface area contributed by atoms with Gasteiger partial charge in [-0.1, -0.05) is 17.3 Å². The third kappa shape index (κ3) is 3.28. The zero-order valence-electron chi connectivity index (χ0n) is 18.9. The lowest BCUT2D eigenvalue weighted by atomic mass is 9.90. The zero-order valence-corrected chi connectivity index (χ0v) is 18.9. The standard InChI is InChI=1S/C25H24N4O4/c1-13-23(15(3)33-28-13)19-9-20-18(10-21(19)31-4)24-22(12-27-20)32-25(30)29(24)14(2)17-7-5-6-16(8-17)11-26/h5-10,14,22,24,27H,12H2,1-4H3/t14-,22?,24?/m1/s1. The Morgan fingerprint density at radius 1 is 1.30 bits per heavy atom. The van der Waals surface area contributed by atoms with Gasteiger partial charge >= 0.3 is 6.09 Å². The summed E-state index contributed by atoms with van der Waals surface area (Å²) in [5, 5.41) is 16.8. The van der Waals surface area contributed by atoms with Gasteiger partial charge in [-0.15, -0.1) is 0 Å². The van der Waals surface area contributed by atoms with Gasteiger partial charge in [-0.05, 0) is 50.6 Å². The lowest BCUT2D eigenvalue weighted by molar-refractivity contribution is 0.131. The SMILES string of the molecule is COc1cc2c(cc1-c1c(C)noc1C)NCC1OC(=O)N([C@H](C)c3cccc(C#N)c3)C21. The van der Waals surface area contributed by atoms with Crippen LogP contribution in [-0.4, -0.2) is 35.9 Å². The molecule has 0 aliphatic carbocycles. The van der Waals surface area contributed by atoms with E-state index in [4.69, 9.17) is 14.0 Å². The summed E-state index contributed by atoms with van der Waals surface area (Å²) >= 11 is 0. The highest BCUT2D eigenvalue weighted by Gasteiger charge is 2.48. The van der Waals surface area contributed by atoms with Crippen LogP contribution in [0.15, 0.2) is 40.9 Å².